The molecule has 1 amide bonds. The van der Waals surface area contributed by atoms with Crippen LogP contribution in [0.4, 0.5) is 0 Å². The van der Waals surface area contributed by atoms with E-state index in [2.05, 4.69) is 16.3 Å². The molecular formula is C29H35N5O5. The number of phenolic OH excluding ortho intramolecular Hbond substituents is 1. The highest BCUT2D eigenvalue weighted by molar-refractivity contribution is 6.25. The zero-order valence-corrected chi connectivity index (χ0v) is 23.2. The Bertz CT molecular complexity index is 1400. The van der Waals surface area contributed by atoms with Crippen LogP contribution in [0.2, 0.25) is 0 Å². The summed E-state index contributed by atoms with van der Waals surface area (Å²) in [5.41, 5.74) is 9.80. The standard InChI is InChI=1S/C29H35N5O5/c1-12-7-16-8-18-20(10-30)34-19(24(33(18)5)22(16)27(37)28(12)39-6)9-17-23(21(34)11-32-29(38)15(4)31)26(36)14(3)13(2)25(17)35/h7,15,18-21,24,37H,8-9,11,31H2,1-6H3,(H,32,38)/t15-,18?,19-,20-,21-,24?/m0/s1. The fourth-order valence-corrected chi connectivity index (χ4v) is 7.07. The van der Waals surface area contributed by atoms with Gasteiger partial charge in [0.15, 0.2) is 23.1 Å². The number of methoxy groups -OCH3 is 1. The van der Waals surface area contributed by atoms with E-state index in [1.807, 2.05) is 24.9 Å². The third kappa shape index (κ3) is 3.83. The lowest BCUT2D eigenvalue weighted by molar-refractivity contribution is -0.124. The smallest absolute Gasteiger partial charge is 0.236 e. The first-order chi connectivity index (χ1) is 18.4. The molecule has 1 aromatic rings. The molecule has 0 spiro atoms. The second kappa shape index (κ2) is 9.59. The summed E-state index contributed by atoms with van der Waals surface area (Å²) < 4.78 is 5.54. The summed E-state index contributed by atoms with van der Waals surface area (Å²) in [6, 6.07) is 1.35. The summed E-state index contributed by atoms with van der Waals surface area (Å²) in [4.78, 5) is 43.9. The molecule has 206 valence electrons. The number of hydrogen-bond donors (Lipinski definition) is 3. The number of carbonyl (C=O) groups is 3. The molecule has 3 heterocycles. The number of piperazine rings is 1. The molecule has 2 bridgehead atoms. The summed E-state index contributed by atoms with van der Waals surface area (Å²) in [5.74, 6) is -0.363. The topological polar surface area (TPSA) is 149 Å². The van der Waals surface area contributed by atoms with E-state index in [4.69, 9.17) is 10.5 Å². The molecule has 4 aliphatic rings. The van der Waals surface area contributed by atoms with E-state index in [0.717, 1.165) is 11.1 Å². The van der Waals surface area contributed by atoms with Crippen molar-refractivity contribution in [2.75, 3.05) is 20.7 Å². The molecule has 3 aliphatic heterocycles. The van der Waals surface area contributed by atoms with Crippen molar-refractivity contribution < 1.29 is 24.2 Å². The highest BCUT2D eigenvalue weighted by Gasteiger charge is 2.57. The maximum absolute atomic E-state index is 13.7. The number of likely N-dealkylation sites (N-methyl/N-ethyl adjacent to an activating group) is 1. The van der Waals surface area contributed by atoms with Gasteiger partial charge in [-0.3, -0.25) is 24.2 Å². The average Bonchev–Trinajstić information content (AvgIpc) is 2.89. The van der Waals surface area contributed by atoms with Crippen LogP contribution >= 0.6 is 0 Å². The molecule has 0 aromatic heterocycles. The summed E-state index contributed by atoms with van der Waals surface area (Å²) in [7, 11) is 3.45. The Kier molecular flexibility index (Phi) is 6.66. The van der Waals surface area contributed by atoms with Crippen molar-refractivity contribution in [1.29, 1.82) is 5.26 Å². The summed E-state index contributed by atoms with van der Waals surface area (Å²) in [6.07, 6.45) is 0.745. The molecule has 10 heteroatoms. The zero-order chi connectivity index (χ0) is 28.5. The largest absolute Gasteiger partial charge is 0.504 e. The number of ether oxygens (including phenoxy) is 1. The number of aromatic hydroxyl groups is 1. The van der Waals surface area contributed by atoms with Gasteiger partial charge >= 0.3 is 0 Å². The highest BCUT2D eigenvalue weighted by atomic mass is 16.5. The monoisotopic (exact) mass is 533 g/mol. The van der Waals surface area contributed by atoms with Crippen molar-refractivity contribution in [2.24, 2.45) is 5.73 Å². The number of nitrogens with two attached hydrogens (primary N) is 1. The fourth-order valence-electron chi connectivity index (χ4n) is 7.07. The lowest BCUT2D eigenvalue weighted by atomic mass is 9.69. The number of nitrogens with one attached hydrogen (secondary N) is 1. The number of benzene rings is 1. The van der Waals surface area contributed by atoms with Gasteiger partial charge in [-0.25, -0.2) is 0 Å². The molecule has 0 radical (unpaired) electrons. The SMILES string of the molecule is COc1c(C)cc2c(c1O)C1[C@@H]3CC4=C(C(=O)C(C)=C(C)C4=O)[C@H](CNC(=O)[C@H](C)N)N3[C@@H](C#N)C(C2)N1C. The number of aryl methyl sites for hydroxylation is 1. The minimum atomic E-state index is -0.761. The number of nitriles is 1. The van der Waals surface area contributed by atoms with E-state index in [1.165, 1.54) is 7.11 Å². The molecule has 1 aromatic carbocycles. The Balaban J connectivity index is 1.72. The minimum absolute atomic E-state index is 0.0262. The number of fused-ring (bicyclic) bond motifs is 6. The Morgan fingerprint density at radius 3 is 2.51 bits per heavy atom. The highest BCUT2D eigenvalue weighted by Crippen LogP contribution is 2.53. The van der Waals surface area contributed by atoms with E-state index in [-0.39, 0.29) is 48.3 Å². The van der Waals surface area contributed by atoms with Crippen LogP contribution < -0.4 is 15.8 Å². The number of ketones is 2. The number of phenols is 1. The third-order valence-electron chi connectivity index (χ3n) is 9.10. The quantitative estimate of drug-likeness (QED) is 0.485. The van der Waals surface area contributed by atoms with Gasteiger partial charge in [0.05, 0.1) is 31.3 Å². The summed E-state index contributed by atoms with van der Waals surface area (Å²) in [5, 5.41) is 24.8. The van der Waals surface area contributed by atoms with Crippen LogP contribution in [-0.2, 0) is 20.8 Å². The summed E-state index contributed by atoms with van der Waals surface area (Å²) >= 11 is 0. The number of nitrogens with zero attached hydrogens (tertiary/aromatic N) is 3. The molecule has 4 N–H and O–H groups in total. The van der Waals surface area contributed by atoms with Gasteiger partial charge in [0.2, 0.25) is 5.91 Å². The number of amides is 1. The number of carbonyl (C=O) groups excluding carboxylic acids is 3. The van der Waals surface area contributed by atoms with Gasteiger partial charge in [0.25, 0.3) is 0 Å². The molecule has 39 heavy (non-hydrogen) atoms. The molecule has 5 rings (SSSR count). The Morgan fingerprint density at radius 2 is 1.90 bits per heavy atom. The molecule has 1 aliphatic carbocycles. The number of allylic oxidation sites excluding steroid dienone is 2. The molecular weight excluding hydrogens is 498 g/mol. The lowest BCUT2D eigenvalue weighted by Crippen LogP contribution is -2.71. The molecule has 2 unspecified atom stereocenters. The Labute approximate surface area is 228 Å². The van der Waals surface area contributed by atoms with Crippen LogP contribution in [0.3, 0.4) is 0 Å². The van der Waals surface area contributed by atoms with Gasteiger partial charge in [-0.15, -0.1) is 0 Å². The van der Waals surface area contributed by atoms with Crippen LogP contribution in [0.15, 0.2) is 28.4 Å². The normalized spacial score (nSPS) is 29.3. The van der Waals surface area contributed by atoms with E-state index >= 15 is 0 Å². The lowest BCUT2D eigenvalue weighted by Gasteiger charge is -2.60. The molecule has 6 atom stereocenters. The number of hydrogen-bond acceptors (Lipinski definition) is 9. The van der Waals surface area contributed by atoms with Gasteiger partial charge < -0.3 is 20.9 Å². The predicted molar refractivity (Wildman–Crippen MR) is 143 cm³/mol. The zero-order valence-electron chi connectivity index (χ0n) is 23.2. The van der Waals surface area contributed by atoms with Crippen molar-refractivity contribution >= 4 is 17.5 Å². The fraction of sp³-hybridized carbons (Fsp3) is 0.517. The van der Waals surface area contributed by atoms with E-state index in [9.17, 15) is 24.8 Å². The number of Topliss-reactive ketones (excluding diaryl/α,β-unsaturated/α-hetero) is 2. The first-order valence-electron chi connectivity index (χ1n) is 13.3. The second-order valence-electron chi connectivity index (χ2n) is 11.2. The van der Waals surface area contributed by atoms with Gasteiger partial charge in [0, 0.05) is 46.5 Å². The van der Waals surface area contributed by atoms with E-state index < -0.39 is 24.2 Å². The van der Waals surface area contributed by atoms with Crippen LogP contribution in [0, 0.1) is 18.3 Å². The van der Waals surface area contributed by atoms with Crippen molar-refractivity contribution in [3.63, 3.8) is 0 Å². The van der Waals surface area contributed by atoms with Crippen LogP contribution in [0.25, 0.3) is 0 Å². The van der Waals surface area contributed by atoms with Crippen LogP contribution in [-0.4, -0.2) is 83.3 Å². The third-order valence-corrected chi connectivity index (χ3v) is 9.10. The molecule has 10 nitrogen and oxygen atoms in total. The van der Waals surface area contributed by atoms with E-state index in [1.54, 1.807) is 20.8 Å². The van der Waals surface area contributed by atoms with Crippen molar-refractivity contribution in [3.8, 4) is 17.6 Å². The maximum Gasteiger partial charge on any atom is 0.236 e. The average molecular weight is 534 g/mol. The second-order valence-corrected chi connectivity index (χ2v) is 11.2. The van der Waals surface area contributed by atoms with E-state index in [0.29, 0.717) is 40.0 Å². The predicted octanol–water partition coefficient (Wildman–Crippen LogP) is 1.20. The van der Waals surface area contributed by atoms with Gasteiger partial charge in [0.1, 0.15) is 6.04 Å². The van der Waals surface area contributed by atoms with Crippen LogP contribution in [0.1, 0.15) is 49.9 Å². The Morgan fingerprint density at radius 1 is 1.23 bits per heavy atom. The van der Waals surface area contributed by atoms with Crippen LogP contribution in [0.5, 0.6) is 11.5 Å². The minimum Gasteiger partial charge on any atom is -0.504 e. The molecule has 0 saturated carbocycles. The van der Waals surface area contributed by atoms with Gasteiger partial charge in [-0.05, 0) is 58.7 Å². The van der Waals surface area contributed by atoms with Gasteiger partial charge in [-0.1, -0.05) is 6.07 Å². The summed E-state index contributed by atoms with van der Waals surface area (Å²) in [6.45, 7) is 6.78. The Hall–Kier alpha value is -3.52. The van der Waals surface area contributed by atoms with Crippen molar-refractivity contribution in [3.05, 3.63) is 45.0 Å². The molecule has 1 saturated heterocycles. The first kappa shape index (κ1) is 27.1. The maximum atomic E-state index is 13.7. The molecule has 1 fully saturated rings. The number of rotatable bonds is 4. The van der Waals surface area contributed by atoms with Crippen molar-refractivity contribution in [1.82, 2.24) is 15.1 Å². The van der Waals surface area contributed by atoms with Crippen molar-refractivity contribution in [2.45, 2.75) is 76.8 Å². The first-order valence-corrected chi connectivity index (χ1v) is 13.3. The van der Waals surface area contributed by atoms with Gasteiger partial charge in [-0.2, -0.15) is 5.26 Å².